The molecule has 1 aliphatic heterocycles. The molecule has 1 aromatic carbocycles. The van der Waals surface area contributed by atoms with E-state index in [2.05, 4.69) is 31.1 Å². The lowest BCUT2D eigenvalue weighted by molar-refractivity contribution is 0.476. The molecule has 26 heavy (non-hydrogen) atoms. The molecule has 3 aromatic heterocycles. The third-order valence-corrected chi connectivity index (χ3v) is 4.35. The molecule has 0 atom stereocenters. The minimum Gasteiger partial charge on any atom is -0.309 e. The van der Waals surface area contributed by atoms with Crippen LogP contribution in [-0.2, 0) is 13.1 Å². The number of hydrogen-bond acceptors (Lipinski definition) is 5. The fourth-order valence-electron chi connectivity index (χ4n) is 3.11. The number of nitrogens with zero attached hydrogens (tertiary/aromatic N) is 7. The summed E-state index contributed by atoms with van der Waals surface area (Å²) >= 11 is 0. The van der Waals surface area contributed by atoms with Crippen LogP contribution in [0.25, 0.3) is 22.9 Å². The lowest BCUT2D eigenvalue weighted by Gasteiger charge is -2.13. The van der Waals surface area contributed by atoms with E-state index >= 15 is 0 Å². The molecule has 0 amide bonds. The van der Waals surface area contributed by atoms with Crippen LogP contribution in [0.5, 0.6) is 0 Å². The van der Waals surface area contributed by atoms with E-state index in [1.165, 1.54) is 12.0 Å². The van der Waals surface area contributed by atoms with E-state index in [9.17, 15) is 0 Å². The van der Waals surface area contributed by atoms with Crippen molar-refractivity contribution in [2.24, 2.45) is 0 Å². The fourth-order valence-corrected chi connectivity index (χ4v) is 3.11. The van der Waals surface area contributed by atoms with E-state index in [1.54, 1.807) is 17.2 Å². The largest absolute Gasteiger partial charge is 0.309 e. The fraction of sp³-hybridized carbons (Fsp3) is 0.176. The summed E-state index contributed by atoms with van der Waals surface area (Å²) in [5.74, 6) is 0.843. The summed E-state index contributed by atoms with van der Waals surface area (Å²) in [4.78, 5) is 8.50. The Morgan fingerprint density at radius 2 is 1.92 bits per heavy atom. The van der Waals surface area contributed by atoms with Crippen molar-refractivity contribution >= 4 is 12.4 Å². The van der Waals surface area contributed by atoms with E-state index in [1.807, 2.05) is 35.0 Å². The van der Waals surface area contributed by atoms with Gasteiger partial charge < -0.3 is 5.32 Å². The van der Waals surface area contributed by atoms with Crippen LogP contribution >= 0.6 is 12.4 Å². The smallest absolute Gasteiger partial charge is 0.165 e. The zero-order valence-electron chi connectivity index (χ0n) is 13.9. The Bertz CT molecular complexity index is 977. The van der Waals surface area contributed by atoms with E-state index in [0.29, 0.717) is 0 Å². The number of rotatable bonds is 3. The predicted octanol–water partition coefficient (Wildman–Crippen LogP) is 1.84. The van der Waals surface area contributed by atoms with Gasteiger partial charge in [-0.15, -0.1) is 12.4 Å². The molecule has 0 aliphatic carbocycles. The Hall–Kier alpha value is -2.97. The molecule has 5 rings (SSSR count). The highest BCUT2D eigenvalue weighted by atomic mass is 35.5. The van der Waals surface area contributed by atoms with Gasteiger partial charge in [0.05, 0.1) is 17.9 Å². The molecule has 0 fully saturated rings. The summed E-state index contributed by atoms with van der Waals surface area (Å²) < 4.78 is 5.83. The van der Waals surface area contributed by atoms with Crippen molar-refractivity contribution in [3.63, 3.8) is 0 Å². The second-order valence-electron chi connectivity index (χ2n) is 5.90. The van der Waals surface area contributed by atoms with Crippen LogP contribution in [0.1, 0.15) is 5.69 Å². The first kappa shape index (κ1) is 16.5. The standard InChI is InChI=1S/C17H16N8.ClH/c1-3-14(25-12-19-11-21-25)4-2-13(1)23-7-6-20-17(23)16-9-15-10-18-5-8-24(15)22-16;/h1-4,6-7,9,11-12,18H,5,8,10H2;1H. The molecule has 9 heteroatoms. The first-order valence-electron chi connectivity index (χ1n) is 8.15. The van der Waals surface area contributed by atoms with E-state index in [4.69, 9.17) is 5.10 Å². The van der Waals surface area contributed by atoms with E-state index in [-0.39, 0.29) is 12.4 Å². The Balaban J connectivity index is 0.00000168. The van der Waals surface area contributed by atoms with Gasteiger partial charge in [-0.2, -0.15) is 10.2 Å². The second-order valence-corrected chi connectivity index (χ2v) is 5.90. The third kappa shape index (κ3) is 2.79. The number of nitrogens with one attached hydrogen (secondary N) is 1. The van der Waals surface area contributed by atoms with Crippen molar-refractivity contribution in [1.29, 1.82) is 0 Å². The normalized spacial score (nSPS) is 13.2. The number of halogens is 1. The van der Waals surface area contributed by atoms with Gasteiger partial charge in [-0.05, 0) is 30.3 Å². The van der Waals surface area contributed by atoms with Crippen molar-refractivity contribution < 1.29 is 0 Å². The molecule has 0 saturated heterocycles. The van der Waals surface area contributed by atoms with Crippen molar-refractivity contribution in [1.82, 2.24) is 39.4 Å². The van der Waals surface area contributed by atoms with Crippen LogP contribution in [0.15, 0.2) is 55.4 Å². The monoisotopic (exact) mass is 368 g/mol. The number of fused-ring (bicyclic) bond motifs is 1. The summed E-state index contributed by atoms with van der Waals surface area (Å²) in [5.41, 5.74) is 4.08. The number of imidazole rings is 1. The zero-order valence-corrected chi connectivity index (χ0v) is 14.7. The molecule has 0 radical (unpaired) electrons. The number of hydrogen-bond donors (Lipinski definition) is 1. The van der Waals surface area contributed by atoms with Crippen LogP contribution in [0.3, 0.4) is 0 Å². The zero-order chi connectivity index (χ0) is 16.6. The highest BCUT2D eigenvalue weighted by Gasteiger charge is 2.16. The maximum Gasteiger partial charge on any atom is 0.165 e. The Kier molecular flexibility index (Phi) is 4.27. The SMILES string of the molecule is Cl.c1cn(-c2ccc(-n3cncn3)cc2)c(-c2cc3n(n2)CCNC3)n1. The molecule has 1 aliphatic rings. The van der Waals surface area contributed by atoms with Gasteiger partial charge in [0.15, 0.2) is 5.82 Å². The molecular weight excluding hydrogens is 352 g/mol. The van der Waals surface area contributed by atoms with Crippen molar-refractivity contribution in [2.45, 2.75) is 13.1 Å². The van der Waals surface area contributed by atoms with Gasteiger partial charge in [-0.25, -0.2) is 14.6 Å². The average molecular weight is 369 g/mol. The van der Waals surface area contributed by atoms with Crippen LogP contribution < -0.4 is 5.32 Å². The molecule has 1 N–H and O–H groups in total. The van der Waals surface area contributed by atoms with Crippen LogP contribution in [0.2, 0.25) is 0 Å². The van der Waals surface area contributed by atoms with Crippen molar-refractivity contribution in [3.05, 3.63) is 61.1 Å². The minimum atomic E-state index is 0. The first-order valence-corrected chi connectivity index (χ1v) is 8.15. The van der Waals surface area contributed by atoms with Crippen molar-refractivity contribution in [3.8, 4) is 22.9 Å². The highest BCUT2D eigenvalue weighted by Crippen LogP contribution is 2.23. The summed E-state index contributed by atoms with van der Waals surface area (Å²) in [5, 5.41) is 12.2. The van der Waals surface area contributed by atoms with Gasteiger partial charge in [0, 0.05) is 31.2 Å². The lowest BCUT2D eigenvalue weighted by atomic mass is 10.2. The van der Waals surface area contributed by atoms with Crippen LogP contribution in [-0.4, -0.2) is 40.6 Å². The third-order valence-electron chi connectivity index (χ3n) is 4.35. The molecule has 0 unspecified atom stereocenters. The molecule has 0 bridgehead atoms. The first-order chi connectivity index (χ1) is 12.4. The quantitative estimate of drug-likeness (QED) is 0.597. The van der Waals surface area contributed by atoms with Gasteiger partial charge in [-0.3, -0.25) is 9.25 Å². The molecule has 132 valence electrons. The predicted molar refractivity (Wildman–Crippen MR) is 98.7 cm³/mol. The molecule has 0 spiro atoms. The Labute approximate surface area is 155 Å². The lowest BCUT2D eigenvalue weighted by Crippen LogP contribution is -2.28. The topological polar surface area (TPSA) is 78.4 Å². The molecular formula is C17H17ClN8. The van der Waals surface area contributed by atoms with Gasteiger partial charge in [0.2, 0.25) is 0 Å². The van der Waals surface area contributed by atoms with Gasteiger partial charge >= 0.3 is 0 Å². The Morgan fingerprint density at radius 1 is 1.08 bits per heavy atom. The van der Waals surface area contributed by atoms with E-state index in [0.717, 1.165) is 42.5 Å². The summed E-state index contributed by atoms with van der Waals surface area (Å²) in [6.45, 7) is 2.69. The highest BCUT2D eigenvalue weighted by molar-refractivity contribution is 5.85. The second kappa shape index (κ2) is 6.74. The summed E-state index contributed by atoms with van der Waals surface area (Å²) in [7, 11) is 0. The summed E-state index contributed by atoms with van der Waals surface area (Å²) in [6, 6.07) is 10.2. The average Bonchev–Trinajstić information content (AvgIpc) is 3.41. The molecule has 0 saturated carbocycles. The van der Waals surface area contributed by atoms with Crippen LogP contribution in [0.4, 0.5) is 0 Å². The van der Waals surface area contributed by atoms with Crippen molar-refractivity contribution in [2.75, 3.05) is 6.54 Å². The molecule has 8 nitrogen and oxygen atoms in total. The number of benzene rings is 1. The van der Waals surface area contributed by atoms with Gasteiger partial charge in [0.1, 0.15) is 18.3 Å². The van der Waals surface area contributed by atoms with Crippen LogP contribution in [0, 0.1) is 0 Å². The maximum atomic E-state index is 4.71. The minimum absolute atomic E-state index is 0. The molecule has 4 aromatic rings. The summed E-state index contributed by atoms with van der Waals surface area (Å²) in [6.07, 6.45) is 6.96. The number of aromatic nitrogens is 7. The van der Waals surface area contributed by atoms with Gasteiger partial charge in [0.25, 0.3) is 0 Å². The Morgan fingerprint density at radius 3 is 2.69 bits per heavy atom. The van der Waals surface area contributed by atoms with E-state index < -0.39 is 0 Å². The van der Waals surface area contributed by atoms with Gasteiger partial charge in [-0.1, -0.05) is 0 Å². The maximum absolute atomic E-state index is 4.71. The molecule has 4 heterocycles.